The molecule has 0 aliphatic heterocycles. The summed E-state index contributed by atoms with van der Waals surface area (Å²) >= 11 is 0. The molecule has 0 radical (unpaired) electrons. The fourth-order valence-electron chi connectivity index (χ4n) is 3.71. The molecule has 0 unspecified atom stereocenters. The van der Waals surface area contributed by atoms with Gasteiger partial charge in [-0.15, -0.1) is 0 Å². The number of carbonyl (C=O) groups is 1. The van der Waals surface area contributed by atoms with Gasteiger partial charge in [0.15, 0.2) is 0 Å². The summed E-state index contributed by atoms with van der Waals surface area (Å²) in [7, 11) is 0. The third kappa shape index (κ3) is 2.15. The molecule has 0 bridgehead atoms. The number of ketones is 1. The largest absolute Gasteiger partial charge is 0.299 e. The van der Waals surface area contributed by atoms with Gasteiger partial charge in [0, 0.05) is 12.3 Å². The molecule has 3 rings (SSSR count). The lowest BCUT2D eigenvalue weighted by molar-refractivity contribution is -0.125. The highest BCUT2D eigenvalue weighted by Gasteiger charge is 2.37. The number of hydrogen-bond donors (Lipinski definition) is 0. The summed E-state index contributed by atoms with van der Waals surface area (Å²) in [6.45, 7) is 0. The van der Waals surface area contributed by atoms with E-state index in [1.165, 1.54) is 31.2 Å². The van der Waals surface area contributed by atoms with Crippen LogP contribution < -0.4 is 0 Å². The predicted octanol–water partition coefficient (Wildman–Crippen LogP) is 3.94. The van der Waals surface area contributed by atoms with Crippen LogP contribution >= 0.6 is 0 Å². The minimum Gasteiger partial charge on any atom is -0.299 e. The number of rotatable bonds is 1. The smallest absolute Gasteiger partial charge is 0.140 e. The Morgan fingerprint density at radius 3 is 2.41 bits per heavy atom. The molecule has 0 heterocycles. The molecule has 1 heteroatoms. The zero-order chi connectivity index (χ0) is 11.7. The first-order chi connectivity index (χ1) is 8.34. The Morgan fingerprint density at radius 2 is 1.65 bits per heavy atom. The summed E-state index contributed by atoms with van der Waals surface area (Å²) in [6, 6.07) is 10.4. The average Bonchev–Trinajstić information content (AvgIpc) is 2.39. The fourth-order valence-corrected chi connectivity index (χ4v) is 3.71. The Labute approximate surface area is 103 Å². The molecule has 1 nitrogen and oxygen atoms in total. The molecule has 0 aromatic heterocycles. The van der Waals surface area contributed by atoms with E-state index in [-0.39, 0.29) is 5.92 Å². The van der Waals surface area contributed by atoms with Gasteiger partial charge in [0.05, 0.1) is 0 Å². The van der Waals surface area contributed by atoms with Crippen LogP contribution in [0.2, 0.25) is 0 Å². The van der Waals surface area contributed by atoms with E-state index in [2.05, 4.69) is 24.3 Å². The quantitative estimate of drug-likeness (QED) is 0.711. The molecule has 1 aromatic carbocycles. The van der Waals surface area contributed by atoms with Gasteiger partial charge in [0.2, 0.25) is 0 Å². The van der Waals surface area contributed by atoms with Gasteiger partial charge < -0.3 is 0 Å². The van der Waals surface area contributed by atoms with E-state index in [9.17, 15) is 4.79 Å². The van der Waals surface area contributed by atoms with Crippen molar-refractivity contribution in [2.24, 2.45) is 11.8 Å². The van der Waals surface area contributed by atoms with Crippen molar-refractivity contribution in [2.45, 2.75) is 44.4 Å². The van der Waals surface area contributed by atoms with Gasteiger partial charge in [-0.25, -0.2) is 0 Å². The molecule has 3 atom stereocenters. The lowest BCUT2D eigenvalue weighted by Crippen LogP contribution is -2.32. The van der Waals surface area contributed by atoms with Crippen LogP contribution in [0.5, 0.6) is 0 Å². The summed E-state index contributed by atoms with van der Waals surface area (Å²) in [6.07, 6.45) is 7.29. The first kappa shape index (κ1) is 11.0. The van der Waals surface area contributed by atoms with Gasteiger partial charge in [0.25, 0.3) is 0 Å². The predicted molar refractivity (Wildman–Crippen MR) is 68.9 cm³/mol. The summed E-state index contributed by atoms with van der Waals surface area (Å²) < 4.78 is 0. The van der Waals surface area contributed by atoms with Crippen LogP contribution in [0.1, 0.15) is 50.0 Å². The Bertz CT molecular complexity index is 395. The SMILES string of the molecule is O=C1C[C@@H]2CCCC[C@H]2C[C@H]1c1ccccc1. The lowest BCUT2D eigenvalue weighted by atomic mass is 9.66. The van der Waals surface area contributed by atoms with Gasteiger partial charge >= 0.3 is 0 Å². The molecule has 0 amide bonds. The molecule has 17 heavy (non-hydrogen) atoms. The molecule has 2 aliphatic carbocycles. The minimum atomic E-state index is 0.190. The van der Waals surface area contributed by atoms with Crippen LogP contribution in [0.4, 0.5) is 0 Å². The van der Waals surface area contributed by atoms with Crippen molar-refractivity contribution < 1.29 is 4.79 Å². The highest BCUT2D eigenvalue weighted by molar-refractivity contribution is 5.86. The molecule has 0 spiro atoms. The lowest BCUT2D eigenvalue weighted by Gasteiger charge is -2.38. The van der Waals surface area contributed by atoms with Gasteiger partial charge in [-0.2, -0.15) is 0 Å². The molecule has 2 fully saturated rings. The molecule has 2 aliphatic rings. The highest BCUT2D eigenvalue weighted by Crippen LogP contribution is 2.44. The summed E-state index contributed by atoms with van der Waals surface area (Å²) in [5.74, 6) is 2.19. The Balaban J connectivity index is 1.80. The summed E-state index contributed by atoms with van der Waals surface area (Å²) in [5.41, 5.74) is 1.24. The summed E-state index contributed by atoms with van der Waals surface area (Å²) in [4.78, 5) is 12.2. The van der Waals surface area contributed by atoms with E-state index in [4.69, 9.17) is 0 Å². The van der Waals surface area contributed by atoms with Crippen molar-refractivity contribution in [1.82, 2.24) is 0 Å². The normalized spacial score (nSPS) is 33.2. The second-order valence-corrected chi connectivity index (χ2v) is 5.67. The zero-order valence-electron chi connectivity index (χ0n) is 10.3. The summed E-state index contributed by atoms with van der Waals surface area (Å²) in [5, 5.41) is 0. The Morgan fingerprint density at radius 1 is 0.941 bits per heavy atom. The number of fused-ring (bicyclic) bond motifs is 1. The van der Waals surface area contributed by atoms with Gasteiger partial charge in [-0.1, -0.05) is 49.6 Å². The highest BCUT2D eigenvalue weighted by atomic mass is 16.1. The third-order valence-electron chi connectivity index (χ3n) is 4.66. The second kappa shape index (κ2) is 4.64. The van der Waals surface area contributed by atoms with E-state index in [0.29, 0.717) is 11.7 Å². The topological polar surface area (TPSA) is 17.1 Å². The molecule has 2 saturated carbocycles. The third-order valence-corrected chi connectivity index (χ3v) is 4.66. The van der Waals surface area contributed by atoms with Crippen molar-refractivity contribution in [3.8, 4) is 0 Å². The van der Waals surface area contributed by atoms with Crippen molar-refractivity contribution in [1.29, 1.82) is 0 Å². The fraction of sp³-hybridized carbons (Fsp3) is 0.562. The van der Waals surface area contributed by atoms with Crippen LogP contribution in [0, 0.1) is 11.8 Å². The Kier molecular flexibility index (Phi) is 3.00. The standard InChI is InChI=1S/C16H20O/c17-16-11-14-9-5-4-8-13(14)10-15(16)12-6-2-1-3-7-12/h1-3,6-7,13-15H,4-5,8-11H2/t13-,14-,15-/m0/s1. The molecular formula is C16H20O. The maximum Gasteiger partial charge on any atom is 0.140 e. The van der Waals surface area contributed by atoms with Crippen LogP contribution in [0.25, 0.3) is 0 Å². The number of benzene rings is 1. The van der Waals surface area contributed by atoms with Crippen LogP contribution in [-0.4, -0.2) is 5.78 Å². The molecule has 1 aromatic rings. The maximum absolute atomic E-state index is 12.2. The maximum atomic E-state index is 12.2. The van der Waals surface area contributed by atoms with E-state index < -0.39 is 0 Å². The van der Waals surface area contributed by atoms with Gasteiger partial charge in [-0.3, -0.25) is 4.79 Å². The van der Waals surface area contributed by atoms with Crippen molar-refractivity contribution in [3.63, 3.8) is 0 Å². The molecule has 0 saturated heterocycles. The molecule has 90 valence electrons. The monoisotopic (exact) mass is 228 g/mol. The number of hydrogen-bond acceptors (Lipinski definition) is 1. The van der Waals surface area contributed by atoms with Gasteiger partial charge in [0.1, 0.15) is 5.78 Å². The second-order valence-electron chi connectivity index (χ2n) is 5.67. The Hall–Kier alpha value is -1.11. The van der Waals surface area contributed by atoms with Crippen molar-refractivity contribution >= 4 is 5.78 Å². The van der Waals surface area contributed by atoms with E-state index in [1.807, 2.05) is 6.07 Å². The first-order valence-corrected chi connectivity index (χ1v) is 6.92. The molecule has 0 N–H and O–H groups in total. The van der Waals surface area contributed by atoms with E-state index >= 15 is 0 Å². The van der Waals surface area contributed by atoms with Crippen molar-refractivity contribution in [3.05, 3.63) is 35.9 Å². The average molecular weight is 228 g/mol. The minimum absolute atomic E-state index is 0.190. The first-order valence-electron chi connectivity index (χ1n) is 6.92. The van der Waals surface area contributed by atoms with E-state index in [0.717, 1.165) is 18.8 Å². The zero-order valence-corrected chi connectivity index (χ0v) is 10.3. The number of Topliss-reactive ketones (excluding diaryl/α,β-unsaturated/α-hetero) is 1. The van der Waals surface area contributed by atoms with Crippen LogP contribution in [0.15, 0.2) is 30.3 Å². The van der Waals surface area contributed by atoms with Crippen LogP contribution in [0.3, 0.4) is 0 Å². The van der Waals surface area contributed by atoms with Crippen molar-refractivity contribution in [2.75, 3.05) is 0 Å². The number of carbonyl (C=O) groups excluding carboxylic acids is 1. The molecular weight excluding hydrogens is 208 g/mol. The van der Waals surface area contributed by atoms with E-state index in [1.54, 1.807) is 0 Å². The van der Waals surface area contributed by atoms with Gasteiger partial charge in [-0.05, 0) is 30.2 Å². The van der Waals surface area contributed by atoms with Crippen LogP contribution in [-0.2, 0) is 4.79 Å².